The number of carbonyl (C=O) groups is 2. The number of nitrogens with one attached hydrogen (secondary N) is 4. The highest BCUT2D eigenvalue weighted by Gasteiger charge is 2.33. The summed E-state index contributed by atoms with van der Waals surface area (Å²) in [7, 11) is 3.55. The predicted molar refractivity (Wildman–Crippen MR) is 147 cm³/mol. The third kappa shape index (κ3) is 7.55. The molecule has 2 heterocycles. The van der Waals surface area contributed by atoms with Crippen molar-refractivity contribution in [2.45, 2.75) is 64.7 Å². The van der Waals surface area contributed by atoms with Crippen LogP contribution in [0.15, 0.2) is 60.0 Å². The number of carbonyl (C=O) groups excluding carboxylic acids is 2. The van der Waals surface area contributed by atoms with Gasteiger partial charge >= 0.3 is 0 Å². The third-order valence-corrected chi connectivity index (χ3v) is 6.60. The number of nitrogens with zero attached hydrogens (tertiary/aromatic N) is 1. The number of aliphatic hydroxyl groups excluding tert-OH is 2. The Labute approximate surface area is 223 Å². The summed E-state index contributed by atoms with van der Waals surface area (Å²) in [5, 5.41) is 32.1. The van der Waals surface area contributed by atoms with Crippen LogP contribution in [0.5, 0.6) is 0 Å². The Hall–Kier alpha value is -3.44. The molecule has 206 valence electrons. The first kappa shape index (κ1) is 29.1. The van der Waals surface area contributed by atoms with Crippen LogP contribution in [0.2, 0.25) is 0 Å². The van der Waals surface area contributed by atoms with Crippen LogP contribution in [0, 0.1) is 0 Å². The van der Waals surface area contributed by atoms with Gasteiger partial charge in [-0.1, -0.05) is 25.1 Å². The Balaban J connectivity index is 1.58. The molecule has 1 aromatic heterocycles. The number of hydrogen-bond acceptors (Lipinski definition) is 7. The number of aryl methyl sites for hydroxylation is 1. The number of rotatable bonds is 10. The fourth-order valence-electron chi connectivity index (χ4n) is 4.31. The maximum atomic E-state index is 12.9. The second-order valence-electron chi connectivity index (χ2n) is 9.36. The summed E-state index contributed by atoms with van der Waals surface area (Å²) in [6, 6.07) is 8.73. The average Bonchev–Trinajstić information content (AvgIpc) is 3.26. The first-order valence-electron chi connectivity index (χ1n) is 12.8. The summed E-state index contributed by atoms with van der Waals surface area (Å²) in [4.78, 5) is 25.7. The Morgan fingerprint density at radius 3 is 2.50 bits per heavy atom. The summed E-state index contributed by atoms with van der Waals surface area (Å²) in [5.41, 5.74) is 3.99. The molecular formula is C28H39N5O5. The van der Waals surface area contributed by atoms with Crippen molar-refractivity contribution in [1.82, 2.24) is 15.2 Å². The van der Waals surface area contributed by atoms with Gasteiger partial charge in [-0.2, -0.15) is 0 Å². The lowest BCUT2D eigenvalue weighted by Gasteiger charge is -2.36. The fraction of sp³-hybridized carbons (Fsp3) is 0.429. The summed E-state index contributed by atoms with van der Waals surface area (Å²) in [6.07, 6.45) is 4.21. The quantitative estimate of drug-likeness (QED) is 0.207. The van der Waals surface area contributed by atoms with Crippen molar-refractivity contribution in [3.05, 3.63) is 71.2 Å². The normalized spacial score (nSPS) is 22.2. The molecule has 1 aromatic carbocycles. The van der Waals surface area contributed by atoms with Gasteiger partial charge in [0, 0.05) is 56.3 Å². The highest BCUT2D eigenvalue weighted by molar-refractivity contribution is 6.07. The van der Waals surface area contributed by atoms with E-state index in [0.29, 0.717) is 42.0 Å². The van der Waals surface area contributed by atoms with Gasteiger partial charge in [0.1, 0.15) is 5.69 Å². The van der Waals surface area contributed by atoms with E-state index in [2.05, 4.69) is 21.3 Å². The molecule has 38 heavy (non-hydrogen) atoms. The van der Waals surface area contributed by atoms with E-state index in [1.165, 1.54) is 0 Å². The number of anilines is 2. The van der Waals surface area contributed by atoms with Crippen molar-refractivity contribution < 1.29 is 24.5 Å². The van der Waals surface area contributed by atoms with E-state index in [4.69, 9.17) is 4.74 Å². The van der Waals surface area contributed by atoms with Crippen LogP contribution < -0.4 is 21.3 Å². The first-order chi connectivity index (χ1) is 18.1. The predicted octanol–water partition coefficient (Wildman–Crippen LogP) is 2.62. The van der Waals surface area contributed by atoms with Gasteiger partial charge in [-0.3, -0.25) is 9.59 Å². The molecule has 3 rings (SSSR count). The van der Waals surface area contributed by atoms with E-state index in [9.17, 15) is 19.8 Å². The van der Waals surface area contributed by atoms with Gasteiger partial charge in [-0.25, -0.2) is 0 Å². The molecule has 0 aliphatic carbocycles. The van der Waals surface area contributed by atoms with Gasteiger partial charge in [0.05, 0.1) is 17.9 Å². The maximum Gasteiger partial charge on any atom is 0.272 e. The molecule has 1 aliphatic rings. The molecule has 0 radical (unpaired) electrons. The van der Waals surface area contributed by atoms with Gasteiger partial charge in [0.15, 0.2) is 6.29 Å². The zero-order chi connectivity index (χ0) is 27.8. The molecule has 1 fully saturated rings. The minimum atomic E-state index is -0.899. The van der Waals surface area contributed by atoms with Crippen LogP contribution in [0.4, 0.5) is 11.4 Å². The van der Waals surface area contributed by atoms with Crippen molar-refractivity contribution in [3.63, 3.8) is 0 Å². The average molecular weight is 526 g/mol. The molecule has 0 spiro atoms. The number of ether oxygens (including phenoxy) is 1. The first-order valence-corrected chi connectivity index (χ1v) is 12.8. The van der Waals surface area contributed by atoms with Crippen LogP contribution in [-0.2, 0) is 23.1 Å². The Morgan fingerprint density at radius 2 is 1.87 bits per heavy atom. The van der Waals surface area contributed by atoms with Crippen molar-refractivity contribution in [1.29, 1.82) is 0 Å². The number of hydrogen-bond donors (Lipinski definition) is 6. The lowest BCUT2D eigenvalue weighted by Crippen LogP contribution is -2.53. The molecule has 2 aromatic rings. The summed E-state index contributed by atoms with van der Waals surface area (Å²) < 4.78 is 6.90. The molecule has 10 heteroatoms. The fourth-order valence-corrected chi connectivity index (χ4v) is 4.31. The molecule has 2 amide bonds. The van der Waals surface area contributed by atoms with E-state index in [0.717, 1.165) is 11.3 Å². The lowest BCUT2D eigenvalue weighted by atomic mass is 9.99. The number of amides is 2. The third-order valence-electron chi connectivity index (χ3n) is 6.60. The van der Waals surface area contributed by atoms with Gasteiger partial charge < -0.3 is 40.8 Å². The number of aliphatic hydroxyl groups is 2. The van der Waals surface area contributed by atoms with Crippen LogP contribution in [0.1, 0.15) is 49.7 Å². The van der Waals surface area contributed by atoms with Gasteiger partial charge in [0.2, 0.25) is 0 Å². The molecule has 0 bridgehead atoms. The van der Waals surface area contributed by atoms with Gasteiger partial charge in [-0.15, -0.1) is 0 Å². The number of benzene rings is 1. The number of likely N-dealkylation sites (N-methyl/N-ethyl adjacent to an activating group) is 1. The van der Waals surface area contributed by atoms with Crippen molar-refractivity contribution in [3.8, 4) is 0 Å². The standard InChI is InChI=1S/C28H39N5O5/c1-6-19(12-20(7-2)29-4)27(36)32-22-13-24(33(5)16-22)28(37)31-21-10-8-18(9-11-21)15-30-23-14-25(34)38-17(3)26(23)35/h7-13,16-17,23,25-26,29-30,34-35H,6,14-15H2,1-5H3,(H,31,37)(H,32,36)/b19-12+,20-7+. The monoisotopic (exact) mass is 525 g/mol. The SMILES string of the molecule is C/C=C(\C=C(/CC)C(=O)Nc1cc(C(=O)Nc2ccc(CNC3CC(O)OC(C)C3O)cc2)n(C)c1)NC. The second-order valence-corrected chi connectivity index (χ2v) is 9.36. The molecular weight excluding hydrogens is 486 g/mol. The maximum absolute atomic E-state index is 12.9. The molecule has 1 aliphatic heterocycles. The summed E-state index contributed by atoms with van der Waals surface area (Å²) in [5.74, 6) is -0.522. The number of aromatic nitrogens is 1. The molecule has 1 saturated heterocycles. The van der Waals surface area contributed by atoms with Crippen LogP contribution >= 0.6 is 0 Å². The topological polar surface area (TPSA) is 137 Å². The van der Waals surface area contributed by atoms with E-state index in [1.807, 2.05) is 32.1 Å². The Kier molecular flexibility index (Phi) is 10.3. The molecule has 4 atom stereocenters. The van der Waals surface area contributed by atoms with Crippen LogP contribution in [0.25, 0.3) is 0 Å². The van der Waals surface area contributed by atoms with E-state index >= 15 is 0 Å². The smallest absolute Gasteiger partial charge is 0.272 e. The second kappa shape index (κ2) is 13.4. The van der Waals surface area contributed by atoms with Gasteiger partial charge in [-0.05, 0) is 50.1 Å². The minimum absolute atomic E-state index is 0.221. The Bertz CT molecular complexity index is 1170. The van der Waals surface area contributed by atoms with E-state index < -0.39 is 18.5 Å². The van der Waals surface area contributed by atoms with E-state index in [1.54, 1.807) is 56.1 Å². The highest BCUT2D eigenvalue weighted by atomic mass is 16.6. The van der Waals surface area contributed by atoms with Crippen molar-refractivity contribution in [2.24, 2.45) is 7.05 Å². The zero-order valence-electron chi connectivity index (χ0n) is 22.6. The molecule has 10 nitrogen and oxygen atoms in total. The van der Waals surface area contributed by atoms with Crippen LogP contribution in [-0.4, -0.2) is 58.2 Å². The molecule has 6 N–H and O–H groups in total. The minimum Gasteiger partial charge on any atom is -0.389 e. The zero-order valence-corrected chi connectivity index (χ0v) is 22.6. The largest absolute Gasteiger partial charge is 0.389 e. The van der Waals surface area contributed by atoms with E-state index in [-0.39, 0.29) is 17.9 Å². The van der Waals surface area contributed by atoms with Crippen molar-refractivity contribution in [2.75, 3.05) is 17.7 Å². The van der Waals surface area contributed by atoms with Crippen LogP contribution in [0.3, 0.4) is 0 Å². The van der Waals surface area contributed by atoms with Crippen molar-refractivity contribution >= 4 is 23.2 Å². The molecule has 0 saturated carbocycles. The molecule has 4 unspecified atom stereocenters. The summed E-state index contributed by atoms with van der Waals surface area (Å²) in [6.45, 7) is 6.03. The summed E-state index contributed by atoms with van der Waals surface area (Å²) >= 11 is 0. The van der Waals surface area contributed by atoms with Gasteiger partial charge in [0.25, 0.3) is 11.8 Å². The number of allylic oxidation sites excluding steroid dienone is 2. The lowest BCUT2D eigenvalue weighted by molar-refractivity contribution is -0.202. The Morgan fingerprint density at radius 1 is 1.16 bits per heavy atom. The highest BCUT2D eigenvalue weighted by Crippen LogP contribution is 2.20.